The largest absolute Gasteiger partial charge is 0.490 e. The molecule has 0 bridgehead atoms. The standard InChI is InChI=1S/C14H22N4O2/c1-19-12-13(15)16-9-17-14(12)18-5-2-11(8-18)10-3-6-20-7-4-10/h9-11H,2-8H2,1H3,(H2,15,16,17)/t11-/m0/s1. The Hall–Kier alpha value is -1.56. The number of nitrogens with two attached hydrogens (primary N) is 1. The van der Waals surface area contributed by atoms with E-state index in [1.54, 1.807) is 7.11 Å². The molecule has 20 heavy (non-hydrogen) atoms. The summed E-state index contributed by atoms with van der Waals surface area (Å²) in [6.07, 6.45) is 5.08. The van der Waals surface area contributed by atoms with Crippen LogP contribution in [0, 0.1) is 11.8 Å². The average molecular weight is 278 g/mol. The van der Waals surface area contributed by atoms with Gasteiger partial charge in [-0.05, 0) is 31.1 Å². The number of hydrogen-bond acceptors (Lipinski definition) is 6. The zero-order valence-electron chi connectivity index (χ0n) is 11.9. The summed E-state index contributed by atoms with van der Waals surface area (Å²) < 4.78 is 10.8. The molecule has 6 nitrogen and oxygen atoms in total. The summed E-state index contributed by atoms with van der Waals surface area (Å²) in [6, 6.07) is 0. The van der Waals surface area contributed by atoms with Gasteiger partial charge in [0.05, 0.1) is 7.11 Å². The lowest BCUT2D eigenvalue weighted by molar-refractivity contribution is 0.0500. The first-order valence-corrected chi connectivity index (χ1v) is 7.26. The highest BCUT2D eigenvalue weighted by Crippen LogP contribution is 2.37. The molecule has 2 aliphatic heterocycles. The molecular weight excluding hydrogens is 256 g/mol. The predicted octanol–water partition coefficient (Wildman–Crippen LogP) is 1.32. The van der Waals surface area contributed by atoms with Crippen molar-refractivity contribution in [3.8, 4) is 5.75 Å². The summed E-state index contributed by atoms with van der Waals surface area (Å²) in [4.78, 5) is 10.6. The number of anilines is 2. The van der Waals surface area contributed by atoms with E-state index in [2.05, 4.69) is 14.9 Å². The number of aromatic nitrogens is 2. The average Bonchev–Trinajstić information content (AvgIpc) is 2.97. The first-order chi connectivity index (χ1) is 9.79. The molecule has 2 aliphatic rings. The van der Waals surface area contributed by atoms with Crippen LogP contribution in [0.15, 0.2) is 6.33 Å². The van der Waals surface area contributed by atoms with E-state index < -0.39 is 0 Å². The molecule has 2 fully saturated rings. The van der Waals surface area contributed by atoms with Crippen LogP contribution in [0.2, 0.25) is 0 Å². The van der Waals surface area contributed by atoms with Gasteiger partial charge in [0.1, 0.15) is 6.33 Å². The van der Waals surface area contributed by atoms with Crippen LogP contribution in [0.5, 0.6) is 5.75 Å². The second kappa shape index (κ2) is 5.83. The van der Waals surface area contributed by atoms with Gasteiger partial charge in [0, 0.05) is 26.3 Å². The number of methoxy groups -OCH3 is 1. The molecule has 0 aliphatic carbocycles. The number of nitrogens with zero attached hydrogens (tertiary/aromatic N) is 3. The molecule has 1 aromatic rings. The topological polar surface area (TPSA) is 73.5 Å². The van der Waals surface area contributed by atoms with E-state index in [-0.39, 0.29) is 0 Å². The third-order valence-corrected chi connectivity index (χ3v) is 4.47. The maximum Gasteiger partial charge on any atom is 0.204 e. The lowest BCUT2D eigenvalue weighted by Gasteiger charge is -2.28. The van der Waals surface area contributed by atoms with E-state index in [1.807, 2.05) is 0 Å². The fraction of sp³-hybridized carbons (Fsp3) is 0.714. The normalized spacial score (nSPS) is 24.1. The number of rotatable bonds is 3. The summed E-state index contributed by atoms with van der Waals surface area (Å²) in [5.74, 6) is 3.33. The van der Waals surface area contributed by atoms with Gasteiger partial charge in [-0.1, -0.05) is 0 Å². The molecule has 0 unspecified atom stereocenters. The van der Waals surface area contributed by atoms with Gasteiger partial charge in [-0.3, -0.25) is 0 Å². The van der Waals surface area contributed by atoms with Gasteiger partial charge >= 0.3 is 0 Å². The van der Waals surface area contributed by atoms with Crippen LogP contribution < -0.4 is 15.4 Å². The van der Waals surface area contributed by atoms with Gasteiger partial charge in [-0.15, -0.1) is 0 Å². The number of ether oxygens (including phenoxy) is 2. The van der Waals surface area contributed by atoms with E-state index >= 15 is 0 Å². The van der Waals surface area contributed by atoms with Crippen LogP contribution in [0.4, 0.5) is 11.6 Å². The van der Waals surface area contributed by atoms with Gasteiger partial charge in [0.2, 0.25) is 5.75 Å². The molecule has 2 N–H and O–H groups in total. The lowest BCUT2D eigenvalue weighted by atomic mass is 9.85. The van der Waals surface area contributed by atoms with Crippen molar-refractivity contribution in [1.82, 2.24) is 9.97 Å². The Labute approximate surface area is 119 Å². The summed E-state index contributed by atoms with van der Waals surface area (Å²) in [6.45, 7) is 3.85. The van der Waals surface area contributed by atoms with E-state index in [4.69, 9.17) is 15.2 Å². The third kappa shape index (κ3) is 2.52. The zero-order valence-corrected chi connectivity index (χ0v) is 11.9. The van der Waals surface area contributed by atoms with Crippen molar-refractivity contribution in [2.24, 2.45) is 11.8 Å². The maximum atomic E-state index is 5.86. The molecule has 2 saturated heterocycles. The third-order valence-electron chi connectivity index (χ3n) is 4.47. The van der Waals surface area contributed by atoms with Crippen molar-refractivity contribution in [3.05, 3.63) is 6.33 Å². The fourth-order valence-electron chi connectivity index (χ4n) is 3.35. The van der Waals surface area contributed by atoms with E-state index in [1.165, 1.54) is 25.6 Å². The molecular formula is C14H22N4O2. The van der Waals surface area contributed by atoms with Gasteiger partial charge in [0.15, 0.2) is 11.6 Å². The van der Waals surface area contributed by atoms with Crippen LogP contribution in [-0.4, -0.2) is 43.4 Å². The molecule has 0 aromatic carbocycles. The molecule has 110 valence electrons. The molecule has 1 aromatic heterocycles. The Bertz CT molecular complexity index is 462. The Kier molecular flexibility index (Phi) is 3.91. The summed E-state index contributed by atoms with van der Waals surface area (Å²) in [5.41, 5.74) is 5.86. The molecule has 0 amide bonds. The first kappa shape index (κ1) is 13.4. The Morgan fingerprint density at radius 2 is 2.05 bits per heavy atom. The molecule has 6 heteroatoms. The van der Waals surface area contributed by atoms with Crippen LogP contribution in [-0.2, 0) is 4.74 Å². The Morgan fingerprint density at radius 1 is 1.25 bits per heavy atom. The summed E-state index contributed by atoms with van der Waals surface area (Å²) in [5, 5.41) is 0. The van der Waals surface area contributed by atoms with Gasteiger partial charge in [-0.2, -0.15) is 0 Å². The predicted molar refractivity (Wildman–Crippen MR) is 76.9 cm³/mol. The Balaban J connectivity index is 1.72. The van der Waals surface area contributed by atoms with Gasteiger partial charge in [0.25, 0.3) is 0 Å². The van der Waals surface area contributed by atoms with Crippen molar-refractivity contribution >= 4 is 11.6 Å². The van der Waals surface area contributed by atoms with Gasteiger partial charge < -0.3 is 20.1 Å². The zero-order chi connectivity index (χ0) is 13.9. The molecule has 3 heterocycles. The SMILES string of the molecule is COc1c(N)ncnc1N1CC[C@H](C2CCOCC2)C1. The molecule has 3 rings (SSSR count). The van der Waals surface area contributed by atoms with Crippen molar-refractivity contribution < 1.29 is 9.47 Å². The van der Waals surface area contributed by atoms with Crippen molar-refractivity contribution in [2.45, 2.75) is 19.3 Å². The van der Waals surface area contributed by atoms with E-state index in [9.17, 15) is 0 Å². The monoisotopic (exact) mass is 278 g/mol. The minimum atomic E-state index is 0.409. The van der Waals surface area contributed by atoms with Crippen molar-refractivity contribution in [3.63, 3.8) is 0 Å². The number of hydrogen-bond donors (Lipinski definition) is 1. The number of nitrogen functional groups attached to an aromatic ring is 1. The minimum Gasteiger partial charge on any atom is -0.490 e. The summed E-state index contributed by atoms with van der Waals surface area (Å²) in [7, 11) is 1.62. The molecule has 1 atom stereocenters. The highest BCUT2D eigenvalue weighted by atomic mass is 16.5. The quantitative estimate of drug-likeness (QED) is 0.899. The lowest BCUT2D eigenvalue weighted by Crippen LogP contribution is -2.27. The second-order valence-electron chi connectivity index (χ2n) is 5.56. The van der Waals surface area contributed by atoms with Crippen LogP contribution in [0.25, 0.3) is 0 Å². The van der Waals surface area contributed by atoms with E-state index in [0.717, 1.165) is 44.0 Å². The first-order valence-electron chi connectivity index (χ1n) is 7.26. The van der Waals surface area contributed by atoms with Crippen LogP contribution >= 0.6 is 0 Å². The fourth-order valence-corrected chi connectivity index (χ4v) is 3.35. The van der Waals surface area contributed by atoms with E-state index in [0.29, 0.717) is 11.6 Å². The molecule has 0 spiro atoms. The summed E-state index contributed by atoms with van der Waals surface area (Å²) >= 11 is 0. The van der Waals surface area contributed by atoms with Crippen molar-refractivity contribution in [2.75, 3.05) is 44.0 Å². The second-order valence-corrected chi connectivity index (χ2v) is 5.56. The maximum absolute atomic E-state index is 5.86. The van der Waals surface area contributed by atoms with Crippen LogP contribution in [0.1, 0.15) is 19.3 Å². The highest BCUT2D eigenvalue weighted by Gasteiger charge is 2.32. The highest BCUT2D eigenvalue weighted by molar-refractivity contribution is 5.63. The Morgan fingerprint density at radius 3 is 2.80 bits per heavy atom. The van der Waals surface area contributed by atoms with Gasteiger partial charge in [-0.25, -0.2) is 9.97 Å². The molecule has 0 radical (unpaired) electrons. The minimum absolute atomic E-state index is 0.409. The van der Waals surface area contributed by atoms with Crippen molar-refractivity contribution in [1.29, 1.82) is 0 Å². The smallest absolute Gasteiger partial charge is 0.204 e. The van der Waals surface area contributed by atoms with Crippen LogP contribution in [0.3, 0.4) is 0 Å². The molecule has 0 saturated carbocycles.